The number of imidazole rings is 1. The van der Waals surface area contributed by atoms with Gasteiger partial charge >= 0.3 is 0 Å². The molecule has 0 aliphatic rings. The van der Waals surface area contributed by atoms with Crippen LogP contribution >= 0.6 is 0 Å². The summed E-state index contributed by atoms with van der Waals surface area (Å²) >= 11 is 0. The number of amides is 1. The number of nitrogens with zero attached hydrogens (tertiary/aromatic N) is 3. The maximum absolute atomic E-state index is 12.0. The predicted molar refractivity (Wildman–Crippen MR) is 71.8 cm³/mol. The highest BCUT2D eigenvalue weighted by atomic mass is 16.2. The largest absolute Gasteiger partial charge is 0.351 e. The smallest absolute Gasteiger partial charge is 0.269 e. The molecule has 0 radical (unpaired) electrons. The first kappa shape index (κ1) is 13.3. The SMILES string of the molecule is CCc1cc(C(=O)NCCCc2ncc[nH]2)n(C)n1. The molecule has 2 rings (SSSR count). The minimum Gasteiger partial charge on any atom is -0.351 e. The van der Waals surface area contributed by atoms with Crippen molar-refractivity contribution in [3.05, 3.63) is 35.7 Å². The second-order valence-corrected chi connectivity index (χ2v) is 4.39. The highest BCUT2D eigenvalue weighted by molar-refractivity contribution is 5.92. The molecule has 0 spiro atoms. The number of hydrogen-bond donors (Lipinski definition) is 2. The Morgan fingerprint density at radius 1 is 1.53 bits per heavy atom. The summed E-state index contributed by atoms with van der Waals surface area (Å²) in [6, 6.07) is 1.84. The molecule has 0 aliphatic heterocycles. The maximum Gasteiger partial charge on any atom is 0.269 e. The number of hydrogen-bond acceptors (Lipinski definition) is 3. The molecule has 2 heterocycles. The van der Waals surface area contributed by atoms with E-state index < -0.39 is 0 Å². The summed E-state index contributed by atoms with van der Waals surface area (Å²) in [5.41, 5.74) is 1.54. The van der Waals surface area contributed by atoms with E-state index in [1.54, 1.807) is 24.1 Å². The van der Waals surface area contributed by atoms with Crippen molar-refractivity contribution in [1.29, 1.82) is 0 Å². The standard InChI is InChI=1S/C13H19N5O/c1-3-10-9-11(18(2)17-10)13(19)16-6-4-5-12-14-7-8-15-12/h7-9H,3-6H2,1-2H3,(H,14,15)(H,16,19). The molecule has 0 saturated heterocycles. The van der Waals surface area contributed by atoms with Crippen LogP contribution in [-0.2, 0) is 19.9 Å². The lowest BCUT2D eigenvalue weighted by molar-refractivity contribution is 0.0943. The van der Waals surface area contributed by atoms with E-state index in [1.165, 1.54) is 0 Å². The van der Waals surface area contributed by atoms with Gasteiger partial charge in [-0.2, -0.15) is 5.10 Å². The van der Waals surface area contributed by atoms with Gasteiger partial charge in [0.1, 0.15) is 11.5 Å². The first-order valence-electron chi connectivity index (χ1n) is 6.50. The molecule has 2 N–H and O–H groups in total. The Hall–Kier alpha value is -2.11. The molecule has 2 aromatic rings. The second-order valence-electron chi connectivity index (χ2n) is 4.39. The number of aromatic nitrogens is 4. The number of rotatable bonds is 6. The molecule has 19 heavy (non-hydrogen) atoms. The van der Waals surface area contributed by atoms with Crippen LogP contribution < -0.4 is 5.32 Å². The van der Waals surface area contributed by atoms with E-state index in [2.05, 4.69) is 20.4 Å². The molecule has 6 heteroatoms. The van der Waals surface area contributed by atoms with Crippen molar-refractivity contribution in [1.82, 2.24) is 25.1 Å². The molecule has 0 bridgehead atoms. The van der Waals surface area contributed by atoms with Gasteiger partial charge in [-0.3, -0.25) is 9.48 Å². The van der Waals surface area contributed by atoms with Crippen LogP contribution in [0.4, 0.5) is 0 Å². The minimum atomic E-state index is -0.0749. The van der Waals surface area contributed by atoms with E-state index in [0.29, 0.717) is 12.2 Å². The van der Waals surface area contributed by atoms with Gasteiger partial charge in [0.15, 0.2) is 0 Å². The highest BCUT2D eigenvalue weighted by Gasteiger charge is 2.11. The zero-order valence-electron chi connectivity index (χ0n) is 11.3. The Kier molecular flexibility index (Phi) is 4.33. The summed E-state index contributed by atoms with van der Waals surface area (Å²) in [7, 11) is 1.79. The number of H-pyrrole nitrogens is 1. The van der Waals surface area contributed by atoms with E-state index in [9.17, 15) is 4.79 Å². The molecule has 0 aliphatic carbocycles. The molecule has 1 amide bonds. The van der Waals surface area contributed by atoms with Crippen LogP contribution in [0.3, 0.4) is 0 Å². The molecule has 0 unspecified atom stereocenters. The molecular formula is C13H19N5O. The lowest BCUT2D eigenvalue weighted by atomic mass is 10.2. The Bertz CT molecular complexity index is 529. The second kappa shape index (κ2) is 6.17. The lowest BCUT2D eigenvalue weighted by Gasteiger charge is -2.04. The molecule has 2 aromatic heterocycles. The van der Waals surface area contributed by atoms with E-state index in [-0.39, 0.29) is 5.91 Å². The fraction of sp³-hybridized carbons (Fsp3) is 0.462. The number of carbonyl (C=O) groups is 1. The van der Waals surface area contributed by atoms with Gasteiger partial charge in [-0.25, -0.2) is 4.98 Å². The summed E-state index contributed by atoms with van der Waals surface area (Å²) in [5, 5.41) is 7.16. The first-order valence-corrected chi connectivity index (χ1v) is 6.50. The van der Waals surface area contributed by atoms with Crippen LogP contribution in [0, 0.1) is 0 Å². The van der Waals surface area contributed by atoms with Crippen LogP contribution in [-0.4, -0.2) is 32.2 Å². The zero-order valence-corrected chi connectivity index (χ0v) is 11.3. The van der Waals surface area contributed by atoms with Crippen molar-refractivity contribution < 1.29 is 4.79 Å². The minimum absolute atomic E-state index is 0.0749. The summed E-state index contributed by atoms with van der Waals surface area (Å²) in [4.78, 5) is 19.1. The zero-order chi connectivity index (χ0) is 13.7. The Balaban J connectivity index is 1.79. The quantitative estimate of drug-likeness (QED) is 0.764. The average Bonchev–Trinajstić information content (AvgIpc) is 3.03. The van der Waals surface area contributed by atoms with Crippen LogP contribution in [0.5, 0.6) is 0 Å². The summed E-state index contributed by atoms with van der Waals surface area (Å²) in [6.45, 7) is 2.65. The van der Waals surface area contributed by atoms with Crippen molar-refractivity contribution >= 4 is 5.91 Å². The maximum atomic E-state index is 12.0. The molecule has 0 saturated carbocycles. The van der Waals surface area contributed by atoms with Gasteiger partial charge < -0.3 is 10.3 Å². The third-order valence-electron chi connectivity index (χ3n) is 2.96. The van der Waals surface area contributed by atoms with Gasteiger partial charge in [-0.15, -0.1) is 0 Å². The van der Waals surface area contributed by atoms with Gasteiger partial charge in [0, 0.05) is 32.4 Å². The molecule has 0 fully saturated rings. The first-order chi connectivity index (χ1) is 9.20. The highest BCUT2D eigenvalue weighted by Crippen LogP contribution is 2.03. The fourth-order valence-electron chi connectivity index (χ4n) is 1.89. The molecule has 6 nitrogen and oxygen atoms in total. The molecule has 102 valence electrons. The third-order valence-corrected chi connectivity index (χ3v) is 2.96. The summed E-state index contributed by atoms with van der Waals surface area (Å²) in [5.74, 6) is 0.872. The topological polar surface area (TPSA) is 75.6 Å². The summed E-state index contributed by atoms with van der Waals surface area (Å²) < 4.78 is 1.63. The number of aryl methyl sites for hydroxylation is 3. The van der Waals surface area contributed by atoms with Crippen molar-refractivity contribution in [3.63, 3.8) is 0 Å². The van der Waals surface area contributed by atoms with Crippen LogP contribution in [0.1, 0.15) is 35.4 Å². The van der Waals surface area contributed by atoms with Crippen LogP contribution in [0.15, 0.2) is 18.5 Å². The van der Waals surface area contributed by atoms with E-state index in [1.807, 2.05) is 13.0 Å². The number of nitrogens with one attached hydrogen (secondary N) is 2. The Morgan fingerprint density at radius 2 is 2.37 bits per heavy atom. The van der Waals surface area contributed by atoms with Gasteiger partial charge in [-0.05, 0) is 18.9 Å². The van der Waals surface area contributed by atoms with Gasteiger partial charge in [0.25, 0.3) is 5.91 Å². The molecule has 0 atom stereocenters. The predicted octanol–water partition coefficient (Wildman–Crippen LogP) is 1.07. The van der Waals surface area contributed by atoms with Crippen molar-refractivity contribution in [2.75, 3.05) is 6.54 Å². The van der Waals surface area contributed by atoms with Crippen molar-refractivity contribution in [3.8, 4) is 0 Å². The average molecular weight is 261 g/mol. The number of carbonyl (C=O) groups excluding carboxylic acids is 1. The Labute approximate surface area is 112 Å². The van der Waals surface area contributed by atoms with Crippen molar-refractivity contribution in [2.45, 2.75) is 26.2 Å². The summed E-state index contributed by atoms with van der Waals surface area (Å²) in [6.07, 6.45) is 6.06. The molecular weight excluding hydrogens is 242 g/mol. The fourth-order valence-corrected chi connectivity index (χ4v) is 1.89. The normalized spacial score (nSPS) is 10.6. The number of aromatic amines is 1. The van der Waals surface area contributed by atoms with Crippen LogP contribution in [0.25, 0.3) is 0 Å². The molecule has 0 aromatic carbocycles. The van der Waals surface area contributed by atoms with Gasteiger partial charge in [-0.1, -0.05) is 6.92 Å². The van der Waals surface area contributed by atoms with E-state index in [4.69, 9.17) is 0 Å². The van der Waals surface area contributed by atoms with E-state index >= 15 is 0 Å². The monoisotopic (exact) mass is 261 g/mol. The van der Waals surface area contributed by atoms with Crippen molar-refractivity contribution in [2.24, 2.45) is 7.05 Å². The van der Waals surface area contributed by atoms with E-state index in [0.717, 1.165) is 30.8 Å². The Morgan fingerprint density at radius 3 is 3.00 bits per heavy atom. The van der Waals surface area contributed by atoms with Crippen LogP contribution in [0.2, 0.25) is 0 Å². The van der Waals surface area contributed by atoms with Gasteiger partial charge in [0.05, 0.1) is 5.69 Å². The lowest BCUT2D eigenvalue weighted by Crippen LogP contribution is -2.26. The van der Waals surface area contributed by atoms with Gasteiger partial charge in [0.2, 0.25) is 0 Å². The third kappa shape index (κ3) is 3.43.